The van der Waals surface area contributed by atoms with Crippen molar-refractivity contribution in [2.75, 3.05) is 13.1 Å². The monoisotopic (exact) mass is 365 g/mol. The van der Waals surface area contributed by atoms with Crippen LogP contribution in [0.1, 0.15) is 22.3 Å². The van der Waals surface area contributed by atoms with E-state index >= 15 is 0 Å². The Balaban J connectivity index is 2.16. The summed E-state index contributed by atoms with van der Waals surface area (Å²) in [6, 6.07) is 3.36. The SMILES string of the molecule is O=C(O)CC1CN(C(=O)c2ccc(Br)cc2C(F)(F)F)C1. The summed E-state index contributed by atoms with van der Waals surface area (Å²) in [5.41, 5.74) is -1.41. The molecule has 0 aliphatic carbocycles. The van der Waals surface area contributed by atoms with Gasteiger partial charge in [-0.1, -0.05) is 15.9 Å². The maximum absolute atomic E-state index is 13.0. The minimum atomic E-state index is -4.62. The number of carbonyl (C=O) groups excluding carboxylic acids is 1. The zero-order chi connectivity index (χ0) is 15.8. The normalized spacial score (nSPS) is 15.7. The molecule has 1 aromatic carbocycles. The molecule has 21 heavy (non-hydrogen) atoms. The predicted molar refractivity (Wildman–Crippen MR) is 70.8 cm³/mol. The van der Waals surface area contributed by atoms with Gasteiger partial charge in [-0.15, -0.1) is 0 Å². The molecule has 1 heterocycles. The molecule has 0 saturated carbocycles. The third kappa shape index (κ3) is 3.55. The number of likely N-dealkylation sites (tertiary alicyclic amines) is 1. The quantitative estimate of drug-likeness (QED) is 0.895. The van der Waals surface area contributed by atoms with Crippen molar-refractivity contribution in [3.63, 3.8) is 0 Å². The highest BCUT2D eigenvalue weighted by Crippen LogP contribution is 2.35. The fourth-order valence-corrected chi connectivity index (χ4v) is 2.58. The van der Waals surface area contributed by atoms with E-state index in [4.69, 9.17) is 5.11 Å². The van der Waals surface area contributed by atoms with Crippen LogP contribution in [0.15, 0.2) is 22.7 Å². The zero-order valence-corrected chi connectivity index (χ0v) is 12.2. The number of amides is 1. The molecule has 0 spiro atoms. The van der Waals surface area contributed by atoms with E-state index in [0.29, 0.717) is 0 Å². The van der Waals surface area contributed by atoms with Crippen molar-refractivity contribution < 1.29 is 27.9 Å². The van der Waals surface area contributed by atoms with Gasteiger partial charge in [0.15, 0.2) is 0 Å². The van der Waals surface area contributed by atoms with E-state index in [0.717, 1.165) is 12.1 Å². The third-order valence-electron chi connectivity index (χ3n) is 3.23. The molecule has 1 N–H and O–H groups in total. The lowest BCUT2D eigenvalue weighted by atomic mass is 9.94. The topological polar surface area (TPSA) is 57.6 Å². The van der Waals surface area contributed by atoms with Crippen LogP contribution >= 0.6 is 15.9 Å². The van der Waals surface area contributed by atoms with Gasteiger partial charge in [0.1, 0.15) is 0 Å². The van der Waals surface area contributed by atoms with Gasteiger partial charge in [0, 0.05) is 23.5 Å². The van der Waals surface area contributed by atoms with Crippen molar-refractivity contribution in [3.05, 3.63) is 33.8 Å². The first kappa shape index (κ1) is 15.8. The number of halogens is 4. The maximum Gasteiger partial charge on any atom is 0.417 e. The molecule has 4 nitrogen and oxygen atoms in total. The lowest BCUT2D eigenvalue weighted by Crippen LogP contribution is -2.50. The molecule has 1 fully saturated rings. The van der Waals surface area contributed by atoms with E-state index in [9.17, 15) is 22.8 Å². The fourth-order valence-electron chi connectivity index (χ4n) is 2.22. The summed E-state index contributed by atoms with van der Waals surface area (Å²) < 4.78 is 39.1. The number of hydrogen-bond donors (Lipinski definition) is 1. The molecule has 0 atom stereocenters. The number of nitrogens with zero attached hydrogens (tertiary/aromatic N) is 1. The molecule has 114 valence electrons. The minimum absolute atomic E-state index is 0.0871. The first-order chi connectivity index (χ1) is 9.68. The minimum Gasteiger partial charge on any atom is -0.481 e. The lowest BCUT2D eigenvalue weighted by Gasteiger charge is -2.39. The van der Waals surface area contributed by atoms with E-state index in [-0.39, 0.29) is 29.9 Å². The number of benzene rings is 1. The van der Waals surface area contributed by atoms with Crippen LogP contribution in [0.4, 0.5) is 13.2 Å². The Morgan fingerprint density at radius 2 is 1.95 bits per heavy atom. The van der Waals surface area contributed by atoms with E-state index in [1.54, 1.807) is 0 Å². The first-order valence-electron chi connectivity index (χ1n) is 6.06. The second-order valence-electron chi connectivity index (χ2n) is 4.86. The van der Waals surface area contributed by atoms with E-state index in [1.165, 1.54) is 11.0 Å². The summed E-state index contributed by atoms with van der Waals surface area (Å²) in [5.74, 6) is -1.90. The van der Waals surface area contributed by atoms with Crippen molar-refractivity contribution in [1.29, 1.82) is 0 Å². The van der Waals surface area contributed by atoms with Crippen LogP contribution in [0.3, 0.4) is 0 Å². The van der Waals surface area contributed by atoms with Crippen LogP contribution in [0.2, 0.25) is 0 Å². The molecule has 1 aromatic rings. The van der Waals surface area contributed by atoms with Crippen LogP contribution < -0.4 is 0 Å². The van der Waals surface area contributed by atoms with E-state index in [1.807, 2.05) is 0 Å². The third-order valence-corrected chi connectivity index (χ3v) is 3.72. The number of rotatable bonds is 3. The highest BCUT2D eigenvalue weighted by molar-refractivity contribution is 9.10. The van der Waals surface area contributed by atoms with Gasteiger partial charge in [-0.3, -0.25) is 9.59 Å². The first-order valence-corrected chi connectivity index (χ1v) is 6.85. The van der Waals surface area contributed by atoms with Gasteiger partial charge in [0.05, 0.1) is 17.5 Å². The Morgan fingerprint density at radius 3 is 2.48 bits per heavy atom. The van der Waals surface area contributed by atoms with Gasteiger partial charge in [-0.05, 0) is 18.2 Å². The Labute approximate surface area is 126 Å². The maximum atomic E-state index is 13.0. The van der Waals surface area contributed by atoms with Gasteiger partial charge in [-0.25, -0.2) is 0 Å². The molecule has 1 saturated heterocycles. The summed E-state index contributed by atoms with van der Waals surface area (Å²) in [7, 11) is 0. The number of aliphatic carboxylic acids is 1. The predicted octanol–water partition coefficient (Wildman–Crippen LogP) is 3.01. The molecular weight excluding hydrogens is 355 g/mol. The zero-order valence-electron chi connectivity index (χ0n) is 10.7. The summed E-state index contributed by atoms with van der Waals surface area (Å²) >= 11 is 2.95. The molecule has 0 aromatic heterocycles. The smallest absolute Gasteiger partial charge is 0.417 e. The highest BCUT2D eigenvalue weighted by atomic mass is 79.9. The standard InChI is InChI=1S/C13H11BrF3NO3/c14-8-1-2-9(10(4-8)13(15,16)17)12(21)18-5-7(6-18)3-11(19)20/h1-2,4,7H,3,5-6H2,(H,19,20). The van der Waals surface area contributed by atoms with Crippen molar-refractivity contribution >= 4 is 27.8 Å². The van der Waals surface area contributed by atoms with Gasteiger partial charge in [0.25, 0.3) is 5.91 Å². The summed E-state index contributed by atoms with van der Waals surface area (Å²) in [6.45, 7) is 0.330. The number of carboxylic acids is 1. The van der Waals surface area contributed by atoms with Crippen LogP contribution in [0.5, 0.6) is 0 Å². The average molecular weight is 366 g/mol. The Morgan fingerprint density at radius 1 is 1.33 bits per heavy atom. The largest absolute Gasteiger partial charge is 0.481 e. The molecule has 2 rings (SSSR count). The van der Waals surface area contributed by atoms with Crippen LogP contribution in [-0.2, 0) is 11.0 Å². The summed E-state index contributed by atoms with van der Waals surface area (Å²) in [6.07, 6.45) is -4.71. The second kappa shape index (κ2) is 5.67. The number of carboxylic acid groups (broad SMARTS) is 1. The van der Waals surface area contributed by atoms with E-state index in [2.05, 4.69) is 15.9 Å². The van der Waals surface area contributed by atoms with Crippen molar-refractivity contribution in [2.45, 2.75) is 12.6 Å². The Bertz CT molecular complexity index is 583. The molecule has 1 aliphatic heterocycles. The van der Waals surface area contributed by atoms with Crippen LogP contribution in [-0.4, -0.2) is 35.0 Å². The van der Waals surface area contributed by atoms with Crippen molar-refractivity contribution in [3.8, 4) is 0 Å². The molecular formula is C13H11BrF3NO3. The highest BCUT2D eigenvalue weighted by Gasteiger charge is 2.39. The Hall–Kier alpha value is -1.57. The summed E-state index contributed by atoms with van der Waals surface area (Å²) in [5, 5.41) is 8.61. The van der Waals surface area contributed by atoms with Gasteiger partial charge < -0.3 is 10.0 Å². The number of alkyl halides is 3. The second-order valence-corrected chi connectivity index (χ2v) is 5.78. The summed E-state index contributed by atoms with van der Waals surface area (Å²) in [4.78, 5) is 23.8. The molecule has 0 unspecified atom stereocenters. The van der Waals surface area contributed by atoms with Crippen LogP contribution in [0, 0.1) is 5.92 Å². The Kier molecular flexibility index (Phi) is 4.27. The van der Waals surface area contributed by atoms with Crippen molar-refractivity contribution in [1.82, 2.24) is 4.90 Å². The lowest BCUT2D eigenvalue weighted by molar-refractivity contribution is -0.139. The molecule has 0 radical (unpaired) electrons. The molecule has 0 bridgehead atoms. The van der Waals surface area contributed by atoms with Gasteiger partial charge >= 0.3 is 12.1 Å². The van der Waals surface area contributed by atoms with Gasteiger partial charge in [0.2, 0.25) is 0 Å². The molecule has 1 amide bonds. The average Bonchev–Trinajstić information content (AvgIpc) is 2.31. The molecule has 8 heteroatoms. The molecule has 1 aliphatic rings. The fraction of sp³-hybridized carbons (Fsp3) is 0.385. The van der Waals surface area contributed by atoms with Gasteiger partial charge in [-0.2, -0.15) is 13.2 Å². The van der Waals surface area contributed by atoms with Crippen molar-refractivity contribution in [2.24, 2.45) is 5.92 Å². The van der Waals surface area contributed by atoms with E-state index < -0.39 is 29.2 Å². The number of hydrogen-bond acceptors (Lipinski definition) is 2. The number of carbonyl (C=O) groups is 2. The van der Waals surface area contributed by atoms with Crippen LogP contribution in [0.25, 0.3) is 0 Å².